The van der Waals surface area contributed by atoms with Crippen molar-refractivity contribution < 1.29 is 17.9 Å². The lowest BCUT2D eigenvalue weighted by atomic mass is 9.95. The second kappa shape index (κ2) is 4.32. The second-order valence-corrected chi connectivity index (χ2v) is 9.04. The second-order valence-electron chi connectivity index (χ2n) is 6.47. The molecule has 0 aliphatic carbocycles. The zero-order chi connectivity index (χ0) is 15.3. The predicted molar refractivity (Wildman–Crippen MR) is 78.1 cm³/mol. The number of sulfone groups is 1. The molecule has 0 N–H and O–H groups in total. The molecule has 0 radical (unpaired) electrons. The Morgan fingerprint density at radius 2 is 1.90 bits per heavy atom. The summed E-state index contributed by atoms with van der Waals surface area (Å²) in [7, 11) is -3.47. The van der Waals surface area contributed by atoms with Crippen molar-refractivity contribution >= 4 is 15.6 Å². The fourth-order valence-electron chi connectivity index (χ4n) is 2.27. The van der Waals surface area contributed by atoms with Crippen LogP contribution in [0.1, 0.15) is 43.6 Å². The van der Waals surface area contributed by atoms with Gasteiger partial charge in [0.2, 0.25) is 0 Å². The number of fused-ring (bicyclic) bond motifs is 1. The van der Waals surface area contributed by atoms with Gasteiger partial charge in [-0.25, -0.2) is 8.42 Å². The molecule has 5 heteroatoms. The van der Waals surface area contributed by atoms with Crippen molar-refractivity contribution in [1.29, 1.82) is 0 Å². The smallest absolute Gasteiger partial charge is 0.183 e. The highest BCUT2D eigenvalue weighted by atomic mass is 32.2. The van der Waals surface area contributed by atoms with Crippen LogP contribution in [0.15, 0.2) is 18.2 Å². The molecule has 0 spiro atoms. The van der Waals surface area contributed by atoms with Crippen LogP contribution in [0.3, 0.4) is 0 Å². The van der Waals surface area contributed by atoms with Crippen molar-refractivity contribution in [2.45, 2.75) is 44.5 Å². The third kappa shape index (κ3) is 2.46. The molecular formula is C15H20O4S. The molecule has 20 heavy (non-hydrogen) atoms. The maximum Gasteiger partial charge on any atom is 0.183 e. The first-order valence-electron chi connectivity index (χ1n) is 6.50. The number of carbonyl (C=O) groups excluding carboxylic acids is 1. The number of hydrogen-bond acceptors (Lipinski definition) is 4. The number of rotatable bonds is 3. The highest BCUT2D eigenvalue weighted by molar-refractivity contribution is 7.92. The number of hydrogen-bond donors (Lipinski definition) is 0. The summed E-state index contributed by atoms with van der Waals surface area (Å²) in [6.07, 6.45) is 1.80. The van der Waals surface area contributed by atoms with E-state index in [0.717, 1.165) is 17.6 Å². The molecule has 0 fully saturated rings. The fourth-order valence-corrected chi connectivity index (χ4v) is 2.72. The van der Waals surface area contributed by atoms with Crippen LogP contribution in [0.2, 0.25) is 0 Å². The Hall–Kier alpha value is -1.36. The lowest BCUT2D eigenvalue weighted by Gasteiger charge is -2.21. The third-order valence-electron chi connectivity index (χ3n) is 3.80. The van der Waals surface area contributed by atoms with E-state index in [0.29, 0.717) is 12.0 Å². The summed E-state index contributed by atoms with van der Waals surface area (Å²) >= 11 is 0. The highest BCUT2D eigenvalue weighted by Crippen LogP contribution is 2.36. The minimum atomic E-state index is -3.47. The van der Waals surface area contributed by atoms with E-state index in [1.807, 2.05) is 13.8 Å². The minimum Gasteiger partial charge on any atom is -0.487 e. The summed E-state index contributed by atoms with van der Waals surface area (Å²) < 4.78 is 27.9. The van der Waals surface area contributed by atoms with Crippen molar-refractivity contribution in [3.63, 3.8) is 0 Å². The van der Waals surface area contributed by atoms with Crippen LogP contribution in [-0.2, 0) is 16.3 Å². The number of ketones is 1. The van der Waals surface area contributed by atoms with Crippen LogP contribution in [0, 0.1) is 0 Å². The van der Waals surface area contributed by atoms with Gasteiger partial charge in [0.15, 0.2) is 15.6 Å². The molecule has 4 nitrogen and oxygen atoms in total. The van der Waals surface area contributed by atoms with E-state index in [9.17, 15) is 13.2 Å². The number of carbonyl (C=O) groups is 1. The number of Topliss-reactive ketones (excluding diaryl/α,β-unsaturated/α-hetero) is 1. The molecule has 0 saturated carbocycles. The molecule has 1 aliphatic rings. The lowest BCUT2D eigenvalue weighted by Crippen LogP contribution is -2.39. The first kappa shape index (κ1) is 15.0. The Balaban J connectivity index is 2.41. The normalized spacial score (nSPS) is 17.4. The molecule has 2 rings (SSSR count). The average molecular weight is 296 g/mol. The fraction of sp³-hybridized carbons (Fsp3) is 0.533. The zero-order valence-electron chi connectivity index (χ0n) is 12.5. The quantitative estimate of drug-likeness (QED) is 0.804. The van der Waals surface area contributed by atoms with Crippen LogP contribution in [0.4, 0.5) is 0 Å². The van der Waals surface area contributed by atoms with Gasteiger partial charge in [0, 0.05) is 18.2 Å². The van der Waals surface area contributed by atoms with Gasteiger partial charge in [0.25, 0.3) is 0 Å². The molecule has 0 bridgehead atoms. The minimum absolute atomic E-state index is 0.281. The van der Waals surface area contributed by atoms with E-state index >= 15 is 0 Å². The predicted octanol–water partition coefficient (Wildman–Crippen LogP) is 2.41. The van der Waals surface area contributed by atoms with Gasteiger partial charge in [-0.3, -0.25) is 4.79 Å². The van der Waals surface area contributed by atoms with Crippen molar-refractivity contribution in [3.05, 3.63) is 29.3 Å². The van der Waals surface area contributed by atoms with E-state index in [1.165, 1.54) is 13.8 Å². The largest absolute Gasteiger partial charge is 0.487 e. The summed E-state index contributed by atoms with van der Waals surface area (Å²) in [4.78, 5) is 12.5. The van der Waals surface area contributed by atoms with Gasteiger partial charge in [-0.15, -0.1) is 0 Å². The molecule has 1 aromatic carbocycles. The summed E-state index contributed by atoms with van der Waals surface area (Å²) in [6, 6.07) is 5.13. The van der Waals surface area contributed by atoms with Crippen molar-refractivity contribution in [2.24, 2.45) is 0 Å². The van der Waals surface area contributed by atoms with Gasteiger partial charge < -0.3 is 4.74 Å². The van der Waals surface area contributed by atoms with Crippen molar-refractivity contribution in [3.8, 4) is 5.75 Å². The molecule has 0 atom stereocenters. The Bertz CT molecular complexity index is 669. The summed E-state index contributed by atoms with van der Waals surface area (Å²) in [5.74, 6) is 0.385. The maximum absolute atomic E-state index is 12.5. The van der Waals surface area contributed by atoms with Crippen LogP contribution in [0.5, 0.6) is 5.75 Å². The number of ether oxygens (including phenoxy) is 1. The molecule has 0 aromatic heterocycles. The third-order valence-corrected chi connectivity index (χ3v) is 5.84. The van der Waals surface area contributed by atoms with Crippen LogP contribution < -0.4 is 4.74 Å². The first-order valence-corrected chi connectivity index (χ1v) is 8.39. The Labute approximate surface area is 120 Å². The van der Waals surface area contributed by atoms with Crippen molar-refractivity contribution in [1.82, 2.24) is 0 Å². The highest BCUT2D eigenvalue weighted by Gasteiger charge is 2.39. The van der Waals surface area contributed by atoms with Gasteiger partial charge in [0.1, 0.15) is 16.1 Å². The van der Waals surface area contributed by atoms with Gasteiger partial charge in [-0.2, -0.15) is 0 Å². The molecule has 110 valence electrons. The van der Waals surface area contributed by atoms with Crippen LogP contribution >= 0.6 is 0 Å². The summed E-state index contributed by atoms with van der Waals surface area (Å²) in [5.41, 5.74) is 1.08. The SMILES string of the molecule is CC1(C)Cc2cc(C(=O)C(C)(C)S(C)(=O)=O)ccc2O1. The maximum atomic E-state index is 12.5. The molecule has 0 saturated heterocycles. The van der Waals surface area contributed by atoms with E-state index < -0.39 is 14.6 Å². The van der Waals surface area contributed by atoms with E-state index in [2.05, 4.69) is 0 Å². The monoisotopic (exact) mass is 296 g/mol. The topological polar surface area (TPSA) is 60.4 Å². The molecule has 1 aliphatic heterocycles. The van der Waals surface area contributed by atoms with Crippen LogP contribution in [-0.4, -0.2) is 30.8 Å². The Kier molecular flexibility index (Phi) is 3.25. The summed E-state index contributed by atoms with van der Waals surface area (Å²) in [6.45, 7) is 6.85. The van der Waals surface area contributed by atoms with Crippen molar-refractivity contribution in [2.75, 3.05) is 6.26 Å². The number of benzene rings is 1. The molecule has 1 heterocycles. The zero-order valence-corrected chi connectivity index (χ0v) is 13.3. The molecule has 0 amide bonds. The van der Waals surface area contributed by atoms with Gasteiger partial charge in [-0.05, 0) is 51.5 Å². The lowest BCUT2D eigenvalue weighted by molar-refractivity contribution is 0.0954. The molecule has 1 aromatic rings. The van der Waals surface area contributed by atoms with Gasteiger partial charge in [-0.1, -0.05) is 0 Å². The molecular weight excluding hydrogens is 276 g/mol. The van der Waals surface area contributed by atoms with E-state index in [1.54, 1.807) is 18.2 Å². The first-order chi connectivity index (χ1) is 8.94. The van der Waals surface area contributed by atoms with E-state index in [-0.39, 0.29) is 11.4 Å². The van der Waals surface area contributed by atoms with Gasteiger partial charge >= 0.3 is 0 Å². The molecule has 0 unspecified atom stereocenters. The standard InChI is InChI=1S/C15H20O4S/c1-14(2)9-11-8-10(6-7-12(11)19-14)13(16)15(3,4)20(5,17)18/h6-8H,9H2,1-5H3. The summed E-state index contributed by atoms with van der Waals surface area (Å²) in [5, 5.41) is 0. The van der Waals surface area contributed by atoms with Crippen LogP contribution in [0.25, 0.3) is 0 Å². The van der Waals surface area contributed by atoms with E-state index in [4.69, 9.17) is 4.74 Å². The average Bonchev–Trinajstić information content (AvgIpc) is 2.58. The Morgan fingerprint density at radius 3 is 2.45 bits per heavy atom. The van der Waals surface area contributed by atoms with Gasteiger partial charge in [0.05, 0.1) is 0 Å². The Morgan fingerprint density at radius 1 is 1.30 bits per heavy atom.